The molecule has 0 radical (unpaired) electrons. The van der Waals surface area contributed by atoms with Crippen molar-refractivity contribution in [2.45, 2.75) is 0 Å². The maximum atomic E-state index is 15.2. The second-order valence-electron chi connectivity index (χ2n) is 7.17. The van der Waals surface area contributed by atoms with Crippen molar-refractivity contribution in [2.24, 2.45) is 0 Å². The molecule has 0 bridgehead atoms. The summed E-state index contributed by atoms with van der Waals surface area (Å²) in [7, 11) is 1.52. The zero-order valence-corrected chi connectivity index (χ0v) is 19.2. The van der Waals surface area contributed by atoms with E-state index in [0.717, 1.165) is 16.4 Å². The zero-order valence-electron chi connectivity index (χ0n) is 18.3. The van der Waals surface area contributed by atoms with E-state index >= 15 is 4.57 Å². The highest BCUT2D eigenvalue weighted by Crippen LogP contribution is 2.49. The second kappa shape index (κ2) is 9.33. The Bertz CT molecular complexity index is 1250. The summed E-state index contributed by atoms with van der Waals surface area (Å²) in [5.41, 5.74) is 1.55. The smallest absolute Gasteiger partial charge is 0.175 e. The Labute approximate surface area is 188 Å². The van der Waals surface area contributed by atoms with Crippen LogP contribution in [0.4, 0.5) is 0 Å². The molecule has 32 heavy (non-hydrogen) atoms. The van der Waals surface area contributed by atoms with Crippen LogP contribution < -0.4 is 30.1 Å². The van der Waals surface area contributed by atoms with Gasteiger partial charge in [-0.15, -0.1) is 0 Å². The number of hydrogen-bond donors (Lipinski definition) is 0. The van der Waals surface area contributed by atoms with Crippen molar-refractivity contribution in [3.05, 3.63) is 97.1 Å². The van der Waals surface area contributed by atoms with Crippen LogP contribution in [0.1, 0.15) is 0 Å². The molecule has 0 aliphatic carbocycles. The van der Waals surface area contributed by atoms with E-state index in [0.29, 0.717) is 27.9 Å². The minimum absolute atomic E-state index is 0.585. The van der Waals surface area contributed by atoms with Gasteiger partial charge in [0.1, 0.15) is 17.2 Å². The normalized spacial score (nSPS) is 12.6. The van der Waals surface area contributed by atoms with Crippen LogP contribution in [0, 0.1) is 0 Å². The van der Waals surface area contributed by atoms with Gasteiger partial charge in [-0.25, -0.2) is 0 Å². The van der Waals surface area contributed by atoms with Gasteiger partial charge in [0.25, 0.3) is 0 Å². The number of methoxy groups -OCH3 is 3. The van der Waals surface area contributed by atoms with Crippen LogP contribution in [-0.4, -0.2) is 21.3 Å². The molecule has 162 valence electrons. The van der Waals surface area contributed by atoms with Crippen LogP contribution in [0.25, 0.3) is 11.1 Å². The van der Waals surface area contributed by atoms with Gasteiger partial charge in [0.05, 0.1) is 32.2 Å². The van der Waals surface area contributed by atoms with Gasteiger partial charge in [0.2, 0.25) is 0 Å². The zero-order chi connectivity index (χ0) is 22.6. The SMILES string of the molecule is COc1ccccc1P(=O)(c1ccccc1)c1ccccc1-c1c(OC)cccc1OC. The van der Waals surface area contributed by atoms with Crippen molar-refractivity contribution >= 4 is 23.1 Å². The lowest BCUT2D eigenvalue weighted by Gasteiger charge is -2.25. The van der Waals surface area contributed by atoms with E-state index in [1.807, 2.05) is 97.1 Å². The molecule has 0 N–H and O–H groups in total. The third-order valence-corrected chi connectivity index (χ3v) is 8.63. The molecular formula is C27H25O4P. The van der Waals surface area contributed by atoms with Gasteiger partial charge in [0, 0.05) is 16.2 Å². The van der Waals surface area contributed by atoms with Crippen LogP contribution in [0.5, 0.6) is 17.2 Å². The van der Waals surface area contributed by atoms with Crippen LogP contribution in [0.2, 0.25) is 0 Å². The van der Waals surface area contributed by atoms with Gasteiger partial charge < -0.3 is 18.8 Å². The van der Waals surface area contributed by atoms with Crippen LogP contribution in [0.15, 0.2) is 97.1 Å². The topological polar surface area (TPSA) is 44.8 Å². The highest BCUT2D eigenvalue weighted by Gasteiger charge is 2.35. The maximum Gasteiger partial charge on any atom is 0.175 e. The lowest BCUT2D eigenvalue weighted by Crippen LogP contribution is -2.27. The fourth-order valence-electron chi connectivity index (χ4n) is 4.01. The van der Waals surface area contributed by atoms with Crippen molar-refractivity contribution in [3.63, 3.8) is 0 Å². The Morgan fingerprint density at radius 2 is 1.03 bits per heavy atom. The average molecular weight is 444 g/mol. The molecule has 0 aliphatic heterocycles. The van der Waals surface area contributed by atoms with E-state index in [2.05, 4.69) is 0 Å². The molecule has 1 atom stereocenters. The summed E-state index contributed by atoms with van der Waals surface area (Å²) >= 11 is 0. The first-order valence-electron chi connectivity index (χ1n) is 10.2. The first-order valence-corrected chi connectivity index (χ1v) is 12.0. The predicted molar refractivity (Wildman–Crippen MR) is 131 cm³/mol. The molecular weight excluding hydrogens is 419 g/mol. The third-order valence-electron chi connectivity index (χ3n) is 5.48. The fraction of sp³-hybridized carbons (Fsp3) is 0.111. The summed E-state index contributed by atoms with van der Waals surface area (Å²) in [5, 5.41) is 2.07. The van der Waals surface area contributed by atoms with E-state index < -0.39 is 7.14 Å². The second-order valence-corrected chi connectivity index (χ2v) is 9.87. The van der Waals surface area contributed by atoms with Gasteiger partial charge >= 0.3 is 0 Å². The Kier molecular flexibility index (Phi) is 6.34. The summed E-state index contributed by atoms with van der Waals surface area (Å²) in [4.78, 5) is 0. The molecule has 1 unspecified atom stereocenters. The lowest BCUT2D eigenvalue weighted by atomic mass is 10.0. The molecule has 4 aromatic carbocycles. The lowest BCUT2D eigenvalue weighted by molar-refractivity contribution is 0.397. The van der Waals surface area contributed by atoms with Gasteiger partial charge in [-0.05, 0) is 24.3 Å². The Hall–Kier alpha value is -3.49. The monoisotopic (exact) mass is 444 g/mol. The largest absolute Gasteiger partial charge is 0.496 e. The van der Waals surface area contributed by atoms with E-state index in [9.17, 15) is 0 Å². The molecule has 0 saturated heterocycles. The Balaban J connectivity index is 2.11. The molecule has 0 fully saturated rings. The van der Waals surface area contributed by atoms with E-state index in [1.54, 1.807) is 21.3 Å². The summed E-state index contributed by atoms with van der Waals surface area (Å²) in [5.74, 6) is 1.88. The number of rotatable bonds is 7. The quantitative estimate of drug-likeness (QED) is 0.376. The first kappa shape index (κ1) is 21.7. The molecule has 0 saturated carbocycles. The van der Waals surface area contributed by atoms with Crippen molar-refractivity contribution in [3.8, 4) is 28.4 Å². The van der Waals surface area contributed by atoms with Crippen molar-refractivity contribution in [2.75, 3.05) is 21.3 Å². The van der Waals surface area contributed by atoms with Crippen LogP contribution in [-0.2, 0) is 4.57 Å². The summed E-state index contributed by atoms with van der Waals surface area (Å²) in [6.07, 6.45) is 0. The van der Waals surface area contributed by atoms with E-state index in [4.69, 9.17) is 14.2 Å². The number of hydrogen-bond acceptors (Lipinski definition) is 4. The van der Waals surface area contributed by atoms with Gasteiger partial charge in [-0.2, -0.15) is 0 Å². The molecule has 0 spiro atoms. The van der Waals surface area contributed by atoms with E-state index in [-0.39, 0.29) is 0 Å². The van der Waals surface area contributed by atoms with Crippen LogP contribution >= 0.6 is 7.14 Å². The number of benzene rings is 4. The Morgan fingerprint density at radius 3 is 1.66 bits per heavy atom. The van der Waals surface area contributed by atoms with E-state index in [1.165, 1.54) is 0 Å². The third kappa shape index (κ3) is 3.68. The number of ether oxygens (including phenoxy) is 3. The minimum Gasteiger partial charge on any atom is -0.496 e. The van der Waals surface area contributed by atoms with Gasteiger partial charge in [-0.1, -0.05) is 72.8 Å². The minimum atomic E-state index is -3.33. The van der Waals surface area contributed by atoms with Crippen molar-refractivity contribution in [1.82, 2.24) is 0 Å². The maximum absolute atomic E-state index is 15.2. The van der Waals surface area contributed by atoms with Gasteiger partial charge in [-0.3, -0.25) is 0 Å². The summed E-state index contributed by atoms with van der Waals surface area (Å²) in [6.45, 7) is 0. The molecule has 0 aliphatic rings. The predicted octanol–water partition coefficient (Wildman–Crippen LogP) is 5.02. The molecule has 4 aromatic rings. The Morgan fingerprint density at radius 1 is 0.531 bits per heavy atom. The fourth-order valence-corrected chi connectivity index (χ4v) is 7.01. The molecule has 5 heteroatoms. The molecule has 4 nitrogen and oxygen atoms in total. The molecule has 0 aromatic heterocycles. The standard InChI is InChI=1S/C27H25O4P/c1-29-22-15-8-10-19-26(22)32(28,20-12-5-4-6-13-20)25-18-9-7-14-21(25)27-23(30-2)16-11-17-24(27)31-3/h4-19H,1-3H3. The van der Waals surface area contributed by atoms with Crippen LogP contribution in [0.3, 0.4) is 0 Å². The molecule has 0 amide bonds. The summed E-state index contributed by atoms with van der Waals surface area (Å²) in [6, 6.07) is 30.4. The highest BCUT2D eigenvalue weighted by molar-refractivity contribution is 7.85. The highest BCUT2D eigenvalue weighted by atomic mass is 31.2. The average Bonchev–Trinajstić information content (AvgIpc) is 2.88. The molecule has 4 rings (SSSR count). The first-order chi connectivity index (χ1) is 15.6. The number of para-hydroxylation sites is 1. The van der Waals surface area contributed by atoms with Crippen molar-refractivity contribution in [1.29, 1.82) is 0 Å². The molecule has 0 heterocycles. The summed E-state index contributed by atoms with van der Waals surface area (Å²) < 4.78 is 32.2. The van der Waals surface area contributed by atoms with Gasteiger partial charge in [0.15, 0.2) is 7.14 Å². The van der Waals surface area contributed by atoms with Crippen molar-refractivity contribution < 1.29 is 18.8 Å².